The molecule has 0 aliphatic heterocycles. The van der Waals surface area contributed by atoms with Gasteiger partial charge >= 0.3 is 0 Å². The summed E-state index contributed by atoms with van der Waals surface area (Å²) in [4.78, 5) is 11.6. The molecule has 4 heteroatoms. The van der Waals surface area contributed by atoms with Gasteiger partial charge in [0.15, 0.2) is 0 Å². The van der Waals surface area contributed by atoms with Gasteiger partial charge in [0.05, 0.1) is 7.11 Å². The first-order valence-electron chi connectivity index (χ1n) is 4.55. The third-order valence-corrected chi connectivity index (χ3v) is 3.07. The molecule has 0 bridgehead atoms. The second kappa shape index (κ2) is 6.48. The van der Waals surface area contributed by atoms with E-state index >= 15 is 0 Å². The van der Waals surface area contributed by atoms with Crippen molar-refractivity contribution in [3.05, 3.63) is 24.3 Å². The van der Waals surface area contributed by atoms with E-state index in [2.05, 4.69) is 0 Å². The maximum Gasteiger partial charge on any atom is 0.149 e. The molecular formula is C11H14O3S. The lowest BCUT2D eigenvalue weighted by atomic mass is 10.3. The zero-order valence-corrected chi connectivity index (χ0v) is 9.62. The molecule has 0 amide bonds. The summed E-state index contributed by atoms with van der Waals surface area (Å²) in [6.07, 6.45) is 0.447. The van der Waals surface area contributed by atoms with Gasteiger partial charge in [-0.3, -0.25) is 0 Å². The summed E-state index contributed by atoms with van der Waals surface area (Å²) in [6, 6.07) is 7.70. The molecule has 0 radical (unpaired) electrons. The molecule has 0 heterocycles. The first-order chi connectivity index (χ1) is 7.31. The van der Waals surface area contributed by atoms with Crippen molar-refractivity contribution >= 4 is 18.0 Å². The molecule has 82 valence electrons. The third kappa shape index (κ3) is 3.57. The van der Waals surface area contributed by atoms with Gasteiger partial charge in [-0.05, 0) is 12.1 Å². The van der Waals surface area contributed by atoms with E-state index in [-0.39, 0.29) is 6.10 Å². The predicted octanol–water partition coefficient (Wildman–Crippen LogP) is 2.00. The Hall–Kier alpha value is -1.00. The molecule has 0 N–H and O–H groups in total. The van der Waals surface area contributed by atoms with Gasteiger partial charge in [0.25, 0.3) is 0 Å². The number of rotatable bonds is 6. The number of carbonyl (C=O) groups is 1. The van der Waals surface area contributed by atoms with Gasteiger partial charge in [-0.1, -0.05) is 12.1 Å². The zero-order chi connectivity index (χ0) is 11.1. The number of thioether (sulfide) groups is 1. The van der Waals surface area contributed by atoms with Crippen molar-refractivity contribution in [2.45, 2.75) is 11.0 Å². The molecule has 15 heavy (non-hydrogen) atoms. The van der Waals surface area contributed by atoms with Crippen LogP contribution in [0.5, 0.6) is 5.75 Å². The SMILES string of the molecule is COc1ccccc1SCC(C=O)OC. The molecule has 0 saturated carbocycles. The standard InChI is InChI=1S/C11H14O3S/c1-13-9(7-12)8-15-11-6-4-3-5-10(11)14-2/h3-7,9H,8H2,1-2H3. The average molecular weight is 226 g/mol. The molecule has 3 nitrogen and oxygen atoms in total. The number of ether oxygens (including phenoxy) is 2. The van der Waals surface area contributed by atoms with E-state index < -0.39 is 0 Å². The highest BCUT2D eigenvalue weighted by Crippen LogP contribution is 2.29. The predicted molar refractivity (Wildman–Crippen MR) is 60.6 cm³/mol. The van der Waals surface area contributed by atoms with Crippen molar-refractivity contribution < 1.29 is 14.3 Å². The normalized spacial score (nSPS) is 12.1. The van der Waals surface area contributed by atoms with Crippen LogP contribution < -0.4 is 4.74 Å². The molecule has 0 saturated heterocycles. The highest BCUT2D eigenvalue weighted by Gasteiger charge is 2.08. The van der Waals surface area contributed by atoms with E-state index in [1.54, 1.807) is 18.9 Å². The first kappa shape index (κ1) is 12.1. The van der Waals surface area contributed by atoms with E-state index in [0.717, 1.165) is 16.9 Å². The Morgan fingerprint density at radius 1 is 1.40 bits per heavy atom. The summed E-state index contributed by atoms with van der Waals surface area (Å²) in [7, 11) is 3.16. The fourth-order valence-corrected chi connectivity index (χ4v) is 2.10. The zero-order valence-electron chi connectivity index (χ0n) is 8.80. The van der Waals surface area contributed by atoms with Crippen LogP contribution in [0.3, 0.4) is 0 Å². The van der Waals surface area contributed by atoms with Gasteiger partial charge < -0.3 is 14.3 Å². The monoisotopic (exact) mass is 226 g/mol. The Labute approximate surface area is 93.8 Å². The van der Waals surface area contributed by atoms with Crippen LogP contribution in [0.4, 0.5) is 0 Å². The van der Waals surface area contributed by atoms with Crippen LogP contribution in [0.2, 0.25) is 0 Å². The molecule has 1 unspecified atom stereocenters. The second-order valence-corrected chi connectivity index (χ2v) is 3.93. The lowest BCUT2D eigenvalue weighted by Crippen LogP contribution is -2.14. The molecular weight excluding hydrogens is 212 g/mol. The average Bonchev–Trinajstić information content (AvgIpc) is 2.31. The van der Waals surface area contributed by atoms with Crippen LogP contribution in [0.25, 0.3) is 0 Å². The maximum atomic E-state index is 10.5. The van der Waals surface area contributed by atoms with E-state index in [1.165, 1.54) is 7.11 Å². The number of aldehydes is 1. The Kier molecular flexibility index (Phi) is 5.21. The van der Waals surface area contributed by atoms with Crippen molar-refractivity contribution in [2.75, 3.05) is 20.0 Å². The van der Waals surface area contributed by atoms with Crippen LogP contribution in [0, 0.1) is 0 Å². The van der Waals surface area contributed by atoms with E-state index in [1.807, 2.05) is 24.3 Å². The molecule has 1 aromatic carbocycles. The summed E-state index contributed by atoms with van der Waals surface area (Å²) in [5.41, 5.74) is 0. The summed E-state index contributed by atoms with van der Waals surface area (Å²) in [6.45, 7) is 0. The van der Waals surface area contributed by atoms with E-state index in [9.17, 15) is 4.79 Å². The fraction of sp³-hybridized carbons (Fsp3) is 0.364. The second-order valence-electron chi connectivity index (χ2n) is 2.87. The van der Waals surface area contributed by atoms with Crippen molar-refractivity contribution in [2.24, 2.45) is 0 Å². The molecule has 0 spiro atoms. The Balaban J connectivity index is 2.60. The van der Waals surface area contributed by atoms with Crippen LogP contribution in [0.1, 0.15) is 0 Å². The first-order valence-corrected chi connectivity index (χ1v) is 5.54. The quantitative estimate of drug-likeness (QED) is 0.549. The minimum atomic E-state index is -0.361. The Morgan fingerprint density at radius 3 is 2.73 bits per heavy atom. The largest absolute Gasteiger partial charge is 0.496 e. The minimum Gasteiger partial charge on any atom is -0.496 e. The van der Waals surface area contributed by atoms with Gasteiger partial charge in [0.1, 0.15) is 18.1 Å². The van der Waals surface area contributed by atoms with Gasteiger partial charge in [-0.2, -0.15) is 0 Å². The lowest BCUT2D eigenvalue weighted by molar-refractivity contribution is -0.115. The van der Waals surface area contributed by atoms with Crippen LogP contribution >= 0.6 is 11.8 Å². The van der Waals surface area contributed by atoms with Crippen molar-refractivity contribution in [1.82, 2.24) is 0 Å². The summed E-state index contributed by atoms with van der Waals surface area (Å²) < 4.78 is 10.2. The highest BCUT2D eigenvalue weighted by molar-refractivity contribution is 7.99. The van der Waals surface area contributed by atoms with E-state index in [0.29, 0.717) is 5.75 Å². The summed E-state index contributed by atoms with van der Waals surface area (Å²) >= 11 is 1.55. The maximum absolute atomic E-state index is 10.5. The van der Waals surface area contributed by atoms with Gasteiger partial charge in [0.2, 0.25) is 0 Å². The number of methoxy groups -OCH3 is 2. The Bertz CT molecular complexity index is 314. The molecule has 0 aliphatic carbocycles. The Morgan fingerprint density at radius 2 is 2.13 bits per heavy atom. The number of para-hydroxylation sites is 1. The smallest absolute Gasteiger partial charge is 0.149 e. The lowest BCUT2D eigenvalue weighted by Gasteiger charge is -2.10. The van der Waals surface area contributed by atoms with Crippen LogP contribution in [-0.4, -0.2) is 32.4 Å². The van der Waals surface area contributed by atoms with Gasteiger partial charge in [-0.25, -0.2) is 0 Å². The number of hydrogen-bond donors (Lipinski definition) is 0. The fourth-order valence-electron chi connectivity index (χ4n) is 1.07. The van der Waals surface area contributed by atoms with Crippen LogP contribution in [-0.2, 0) is 9.53 Å². The molecule has 1 atom stereocenters. The highest BCUT2D eigenvalue weighted by atomic mass is 32.2. The van der Waals surface area contributed by atoms with Gasteiger partial charge in [-0.15, -0.1) is 11.8 Å². The minimum absolute atomic E-state index is 0.361. The molecule has 0 aliphatic rings. The number of hydrogen-bond acceptors (Lipinski definition) is 4. The number of benzene rings is 1. The van der Waals surface area contributed by atoms with E-state index in [4.69, 9.17) is 9.47 Å². The molecule has 0 aromatic heterocycles. The summed E-state index contributed by atoms with van der Waals surface area (Å²) in [5.74, 6) is 1.42. The molecule has 0 fully saturated rings. The van der Waals surface area contributed by atoms with Crippen molar-refractivity contribution in [3.8, 4) is 5.75 Å². The van der Waals surface area contributed by atoms with Crippen molar-refractivity contribution in [1.29, 1.82) is 0 Å². The van der Waals surface area contributed by atoms with Crippen molar-refractivity contribution in [3.63, 3.8) is 0 Å². The summed E-state index contributed by atoms with van der Waals surface area (Å²) in [5, 5.41) is 0. The topological polar surface area (TPSA) is 35.5 Å². The number of carbonyl (C=O) groups excluding carboxylic acids is 1. The van der Waals surface area contributed by atoms with Crippen LogP contribution in [0.15, 0.2) is 29.2 Å². The third-order valence-electron chi connectivity index (χ3n) is 1.93. The molecule has 1 aromatic rings. The molecule has 1 rings (SSSR count). The van der Waals surface area contributed by atoms with Gasteiger partial charge in [0, 0.05) is 17.8 Å².